The lowest BCUT2D eigenvalue weighted by Gasteiger charge is -2.35. The van der Waals surface area contributed by atoms with Crippen LogP contribution in [-0.2, 0) is 23.7 Å². The Hall–Kier alpha value is -2.43. The summed E-state index contributed by atoms with van der Waals surface area (Å²) in [5.41, 5.74) is 2.34. The minimum absolute atomic E-state index is 0.00191. The zero-order valence-corrected chi connectivity index (χ0v) is 16.1. The maximum Gasteiger partial charge on any atom is 0.273 e. The second-order valence-corrected chi connectivity index (χ2v) is 7.75. The number of benzene rings is 2. The Morgan fingerprint density at radius 2 is 1.82 bits per heavy atom. The summed E-state index contributed by atoms with van der Waals surface area (Å²) in [7, 11) is 0. The van der Waals surface area contributed by atoms with Gasteiger partial charge in [-0.05, 0) is 66.8 Å². The quantitative estimate of drug-likeness (QED) is 0.664. The van der Waals surface area contributed by atoms with Gasteiger partial charge in [-0.3, -0.25) is 4.79 Å². The summed E-state index contributed by atoms with van der Waals surface area (Å²) in [4.78, 5) is 14.5. The van der Waals surface area contributed by atoms with Crippen molar-refractivity contribution in [1.29, 1.82) is 0 Å². The molecule has 0 N–H and O–H groups in total. The third-order valence-electron chi connectivity index (χ3n) is 5.91. The third-order valence-corrected chi connectivity index (χ3v) is 5.91. The lowest BCUT2D eigenvalue weighted by Crippen LogP contribution is -2.41. The lowest BCUT2D eigenvalue weighted by atomic mass is 9.84. The van der Waals surface area contributed by atoms with Gasteiger partial charge in [0.05, 0.1) is 0 Å². The molecule has 0 radical (unpaired) electrons. The topological polar surface area (TPSA) is 29.5 Å². The van der Waals surface area contributed by atoms with Crippen molar-refractivity contribution in [3.63, 3.8) is 0 Å². The normalized spacial score (nSPS) is 17.0. The fourth-order valence-corrected chi connectivity index (χ4v) is 3.81. The molecular weight excluding hydrogens is 360 g/mol. The predicted molar refractivity (Wildman–Crippen MR) is 104 cm³/mol. The van der Waals surface area contributed by atoms with E-state index in [4.69, 9.17) is 4.74 Å². The van der Waals surface area contributed by atoms with Gasteiger partial charge in [-0.25, -0.2) is 8.78 Å². The molecule has 0 aromatic heterocycles. The number of carbonyl (C=O) groups excluding carboxylic acids is 1. The molecule has 1 amide bonds. The predicted octanol–water partition coefficient (Wildman–Crippen LogP) is 5.67. The van der Waals surface area contributed by atoms with Crippen LogP contribution in [0.3, 0.4) is 0 Å². The number of halogens is 2. The first kappa shape index (κ1) is 18.9. The van der Waals surface area contributed by atoms with Crippen molar-refractivity contribution in [2.24, 2.45) is 5.92 Å². The summed E-state index contributed by atoms with van der Waals surface area (Å²) >= 11 is 0. The largest absolute Gasteiger partial charge is 0.457 e. The highest BCUT2D eigenvalue weighted by Gasteiger charge is 2.31. The van der Waals surface area contributed by atoms with Crippen LogP contribution in [0.5, 0.6) is 11.5 Å². The van der Waals surface area contributed by atoms with Crippen molar-refractivity contribution in [2.45, 2.75) is 51.5 Å². The Labute approximate surface area is 164 Å². The fraction of sp³-hybridized carbons (Fsp3) is 0.435. The number of alkyl halides is 2. The number of carbonyl (C=O) groups is 1. The highest BCUT2D eigenvalue weighted by atomic mass is 19.3. The highest BCUT2D eigenvalue weighted by molar-refractivity contribution is 5.80. The minimum atomic E-state index is -2.82. The number of hydrogen-bond acceptors (Lipinski definition) is 2. The Balaban J connectivity index is 1.46. The highest BCUT2D eigenvalue weighted by Crippen LogP contribution is 2.34. The van der Waals surface area contributed by atoms with Crippen LogP contribution in [0.1, 0.15) is 49.3 Å². The van der Waals surface area contributed by atoms with Gasteiger partial charge in [0.15, 0.2) is 0 Å². The molecule has 2 aliphatic rings. The van der Waals surface area contributed by atoms with Crippen molar-refractivity contribution < 1.29 is 18.3 Å². The zero-order chi connectivity index (χ0) is 19.7. The van der Waals surface area contributed by atoms with E-state index in [2.05, 4.69) is 0 Å². The van der Waals surface area contributed by atoms with Crippen molar-refractivity contribution >= 4 is 5.91 Å². The van der Waals surface area contributed by atoms with Crippen LogP contribution in [-0.4, -0.2) is 17.4 Å². The number of hydrogen-bond donors (Lipinski definition) is 0. The molecule has 1 aliphatic heterocycles. The van der Waals surface area contributed by atoms with Gasteiger partial charge in [-0.2, -0.15) is 0 Å². The van der Waals surface area contributed by atoms with Gasteiger partial charge in [-0.15, -0.1) is 0 Å². The molecule has 0 saturated heterocycles. The van der Waals surface area contributed by atoms with Gasteiger partial charge in [0.1, 0.15) is 11.5 Å². The van der Waals surface area contributed by atoms with Crippen LogP contribution >= 0.6 is 0 Å². The second kappa shape index (κ2) is 7.53. The summed E-state index contributed by atoms with van der Waals surface area (Å²) in [6.45, 7) is 2.86. The van der Waals surface area contributed by atoms with Crippen molar-refractivity contribution in [3.05, 3.63) is 59.2 Å². The smallest absolute Gasteiger partial charge is 0.273 e. The summed E-state index contributed by atoms with van der Waals surface area (Å²) in [5, 5.41) is 0. The lowest BCUT2D eigenvalue weighted by molar-refractivity contribution is -0.139. The number of fused-ring (bicyclic) bond motifs is 1. The van der Waals surface area contributed by atoms with E-state index >= 15 is 0 Å². The summed E-state index contributed by atoms with van der Waals surface area (Å²) < 4.78 is 33.4. The van der Waals surface area contributed by atoms with Crippen molar-refractivity contribution in [1.82, 2.24) is 4.90 Å². The van der Waals surface area contributed by atoms with Gasteiger partial charge >= 0.3 is 0 Å². The van der Waals surface area contributed by atoms with Gasteiger partial charge in [0.2, 0.25) is 5.91 Å². The zero-order valence-electron chi connectivity index (χ0n) is 16.1. The first-order valence-electron chi connectivity index (χ1n) is 10.0. The van der Waals surface area contributed by atoms with E-state index in [1.54, 1.807) is 12.1 Å². The molecule has 0 spiro atoms. The molecule has 2 aromatic rings. The average Bonchev–Trinajstić information content (AvgIpc) is 2.66. The molecule has 2 aromatic carbocycles. The molecule has 1 heterocycles. The first-order valence-corrected chi connectivity index (χ1v) is 10.0. The van der Waals surface area contributed by atoms with Gasteiger partial charge < -0.3 is 9.64 Å². The van der Waals surface area contributed by atoms with E-state index in [1.165, 1.54) is 24.6 Å². The van der Waals surface area contributed by atoms with Gasteiger partial charge in [0, 0.05) is 31.0 Å². The van der Waals surface area contributed by atoms with Crippen LogP contribution in [0, 0.1) is 5.92 Å². The average molecular weight is 385 g/mol. The SMILES string of the molecule is CCC(F)(F)c1ccc(Oc2ccc3c(c2)CN(C(=O)C2CCC2)CC3)cc1. The van der Waals surface area contributed by atoms with E-state index in [9.17, 15) is 13.6 Å². The number of ether oxygens (including phenoxy) is 1. The molecule has 0 unspecified atom stereocenters. The van der Waals surface area contributed by atoms with Crippen LogP contribution in [0.4, 0.5) is 8.78 Å². The van der Waals surface area contributed by atoms with Crippen LogP contribution in [0.15, 0.2) is 42.5 Å². The minimum Gasteiger partial charge on any atom is -0.457 e. The Kier molecular flexibility index (Phi) is 5.09. The molecule has 0 atom stereocenters. The number of nitrogens with zero attached hydrogens (tertiary/aromatic N) is 1. The molecule has 148 valence electrons. The van der Waals surface area contributed by atoms with E-state index in [1.807, 2.05) is 23.1 Å². The molecule has 0 bridgehead atoms. The Morgan fingerprint density at radius 1 is 1.11 bits per heavy atom. The first-order chi connectivity index (χ1) is 13.5. The van der Waals surface area contributed by atoms with E-state index in [0.717, 1.165) is 37.8 Å². The third kappa shape index (κ3) is 3.75. The van der Waals surface area contributed by atoms with Crippen LogP contribution < -0.4 is 4.74 Å². The van der Waals surface area contributed by atoms with Crippen molar-refractivity contribution in [2.75, 3.05) is 6.54 Å². The van der Waals surface area contributed by atoms with Crippen LogP contribution in [0.25, 0.3) is 0 Å². The Bertz CT molecular complexity index is 859. The maximum atomic E-state index is 13.7. The molecule has 5 heteroatoms. The molecule has 1 aliphatic carbocycles. The van der Waals surface area contributed by atoms with E-state index < -0.39 is 5.92 Å². The molecule has 1 saturated carbocycles. The second-order valence-electron chi connectivity index (χ2n) is 7.75. The van der Waals surface area contributed by atoms with Gasteiger partial charge in [-0.1, -0.05) is 19.4 Å². The molecule has 4 rings (SSSR count). The number of amides is 1. The monoisotopic (exact) mass is 385 g/mol. The molecular formula is C23H25F2NO2. The summed E-state index contributed by atoms with van der Waals surface area (Å²) in [6, 6.07) is 11.9. The number of rotatable bonds is 5. The maximum absolute atomic E-state index is 13.7. The molecule has 3 nitrogen and oxygen atoms in total. The summed E-state index contributed by atoms with van der Waals surface area (Å²) in [6.07, 6.45) is 3.81. The standard InChI is InChI=1S/C23H25F2NO2/c1-2-23(24,25)19-7-10-20(11-8-19)28-21-9-6-16-12-13-26(15-18(16)14-21)22(27)17-4-3-5-17/h6-11,14,17H,2-5,12-13,15H2,1H3. The molecule has 1 fully saturated rings. The fourth-order valence-electron chi connectivity index (χ4n) is 3.81. The van der Waals surface area contributed by atoms with E-state index in [0.29, 0.717) is 18.0 Å². The van der Waals surface area contributed by atoms with E-state index in [-0.39, 0.29) is 23.8 Å². The van der Waals surface area contributed by atoms with Gasteiger partial charge in [0.25, 0.3) is 5.92 Å². The van der Waals surface area contributed by atoms with Crippen LogP contribution in [0.2, 0.25) is 0 Å². The molecule has 28 heavy (non-hydrogen) atoms. The summed E-state index contributed by atoms with van der Waals surface area (Å²) in [5.74, 6) is -1.15. The Morgan fingerprint density at radius 3 is 2.46 bits per heavy atom. The van der Waals surface area contributed by atoms with Crippen molar-refractivity contribution in [3.8, 4) is 11.5 Å².